The van der Waals surface area contributed by atoms with E-state index in [0.29, 0.717) is 12.8 Å². The van der Waals surface area contributed by atoms with Crippen LogP contribution in [0.3, 0.4) is 0 Å². The van der Waals surface area contributed by atoms with Crippen LogP contribution in [0.4, 0.5) is 5.69 Å². The molecular weight excluding hydrogens is 260 g/mol. The van der Waals surface area contributed by atoms with Gasteiger partial charge < -0.3 is 5.32 Å². The van der Waals surface area contributed by atoms with Crippen molar-refractivity contribution >= 4 is 11.6 Å². The van der Waals surface area contributed by atoms with Crippen molar-refractivity contribution in [3.8, 4) is 6.07 Å². The Morgan fingerprint density at radius 1 is 1.05 bits per heavy atom. The van der Waals surface area contributed by atoms with Gasteiger partial charge in [-0.2, -0.15) is 5.26 Å². The fourth-order valence-corrected chi connectivity index (χ4v) is 2.10. The van der Waals surface area contributed by atoms with Gasteiger partial charge in [0.25, 0.3) is 0 Å². The number of benzene rings is 2. The van der Waals surface area contributed by atoms with Gasteiger partial charge in [-0.25, -0.2) is 0 Å². The molecule has 0 atom stereocenters. The maximum absolute atomic E-state index is 12.0. The number of hydrogen-bond acceptors (Lipinski definition) is 2. The number of aryl methyl sites for hydroxylation is 2. The minimum Gasteiger partial charge on any atom is -0.326 e. The number of anilines is 1. The molecule has 0 unspecified atom stereocenters. The van der Waals surface area contributed by atoms with Gasteiger partial charge in [-0.1, -0.05) is 30.3 Å². The minimum atomic E-state index is -0.0358. The van der Waals surface area contributed by atoms with Gasteiger partial charge in [0.2, 0.25) is 5.91 Å². The summed E-state index contributed by atoms with van der Waals surface area (Å²) in [5.41, 5.74) is 5.14. The van der Waals surface area contributed by atoms with Gasteiger partial charge in [0.15, 0.2) is 0 Å². The Labute approximate surface area is 125 Å². The second kappa shape index (κ2) is 6.71. The van der Waals surface area contributed by atoms with Crippen molar-refractivity contribution in [3.05, 3.63) is 64.7 Å². The molecule has 0 aliphatic rings. The Balaban J connectivity index is 1.98. The highest BCUT2D eigenvalue weighted by molar-refractivity contribution is 5.92. The van der Waals surface area contributed by atoms with Crippen molar-refractivity contribution in [3.63, 3.8) is 0 Å². The van der Waals surface area contributed by atoms with Gasteiger partial charge in [0.1, 0.15) is 0 Å². The number of rotatable bonds is 4. The second-order valence-electron chi connectivity index (χ2n) is 5.18. The van der Waals surface area contributed by atoms with E-state index in [1.807, 2.05) is 49.4 Å². The zero-order valence-electron chi connectivity index (χ0n) is 12.3. The molecule has 2 aromatic carbocycles. The third-order valence-corrected chi connectivity index (χ3v) is 3.46. The lowest BCUT2D eigenvalue weighted by Crippen LogP contribution is -2.14. The van der Waals surface area contributed by atoms with E-state index < -0.39 is 0 Å². The first kappa shape index (κ1) is 14.8. The summed E-state index contributed by atoms with van der Waals surface area (Å²) in [6.45, 7) is 4.10. The molecule has 0 saturated carbocycles. The van der Waals surface area contributed by atoms with Crippen molar-refractivity contribution in [2.24, 2.45) is 0 Å². The lowest BCUT2D eigenvalue weighted by Gasteiger charge is -2.07. The van der Waals surface area contributed by atoms with Gasteiger partial charge in [0.05, 0.1) is 18.9 Å². The second-order valence-corrected chi connectivity index (χ2v) is 5.18. The topological polar surface area (TPSA) is 52.9 Å². The van der Waals surface area contributed by atoms with Crippen LogP contribution in [0.1, 0.15) is 22.3 Å². The van der Waals surface area contributed by atoms with Gasteiger partial charge >= 0.3 is 0 Å². The summed E-state index contributed by atoms with van der Waals surface area (Å²) in [7, 11) is 0. The van der Waals surface area contributed by atoms with E-state index in [1.54, 1.807) is 0 Å². The first-order valence-corrected chi connectivity index (χ1v) is 6.90. The van der Waals surface area contributed by atoms with Crippen LogP contribution in [0.5, 0.6) is 0 Å². The average molecular weight is 278 g/mol. The first-order valence-electron chi connectivity index (χ1n) is 6.90. The van der Waals surface area contributed by atoms with Crippen LogP contribution in [0, 0.1) is 25.2 Å². The molecule has 0 aromatic heterocycles. The lowest BCUT2D eigenvalue weighted by atomic mass is 10.0. The molecule has 106 valence electrons. The molecule has 2 aromatic rings. The number of carbonyl (C=O) groups is 1. The molecule has 3 nitrogen and oxygen atoms in total. The summed E-state index contributed by atoms with van der Waals surface area (Å²) in [5.74, 6) is -0.0358. The van der Waals surface area contributed by atoms with E-state index in [2.05, 4.69) is 18.3 Å². The van der Waals surface area contributed by atoms with E-state index in [4.69, 9.17) is 5.26 Å². The van der Waals surface area contributed by atoms with E-state index in [1.165, 1.54) is 11.1 Å². The maximum atomic E-state index is 12.0. The van der Waals surface area contributed by atoms with E-state index in [9.17, 15) is 4.79 Å². The van der Waals surface area contributed by atoms with Crippen LogP contribution in [0.25, 0.3) is 0 Å². The maximum Gasteiger partial charge on any atom is 0.228 e. The molecule has 2 rings (SSSR count). The summed E-state index contributed by atoms with van der Waals surface area (Å²) >= 11 is 0. The number of amides is 1. The Morgan fingerprint density at radius 2 is 1.71 bits per heavy atom. The summed E-state index contributed by atoms with van der Waals surface area (Å²) < 4.78 is 0. The molecule has 0 heterocycles. The van der Waals surface area contributed by atoms with Gasteiger partial charge in [0, 0.05) is 5.69 Å². The summed E-state index contributed by atoms with van der Waals surface area (Å²) in [5, 5.41) is 11.5. The number of nitrogens with zero attached hydrogens (tertiary/aromatic N) is 1. The zero-order chi connectivity index (χ0) is 15.2. The summed E-state index contributed by atoms with van der Waals surface area (Å²) in [6.07, 6.45) is 0.748. The van der Waals surface area contributed by atoms with Crippen LogP contribution in [0.2, 0.25) is 0 Å². The SMILES string of the molecule is Cc1ccc(CC(=O)Nc2ccc(CC#N)cc2)cc1C. The highest BCUT2D eigenvalue weighted by Gasteiger charge is 2.05. The number of nitrogens with one attached hydrogen (secondary N) is 1. The van der Waals surface area contributed by atoms with E-state index in [0.717, 1.165) is 16.8 Å². The fraction of sp³-hybridized carbons (Fsp3) is 0.222. The predicted octanol–water partition coefficient (Wildman–Crippen LogP) is 3.55. The number of nitriles is 1. The average Bonchev–Trinajstić information content (AvgIpc) is 2.45. The quantitative estimate of drug-likeness (QED) is 0.929. The van der Waals surface area contributed by atoms with Gasteiger partial charge in [-0.05, 0) is 48.2 Å². The lowest BCUT2D eigenvalue weighted by molar-refractivity contribution is -0.115. The molecule has 0 fully saturated rings. The van der Waals surface area contributed by atoms with Crippen molar-refractivity contribution in [1.82, 2.24) is 0 Å². The highest BCUT2D eigenvalue weighted by atomic mass is 16.1. The minimum absolute atomic E-state index is 0.0358. The highest BCUT2D eigenvalue weighted by Crippen LogP contribution is 2.13. The molecule has 0 aliphatic heterocycles. The number of carbonyl (C=O) groups excluding carboxylic acids is 1. The smallest absolute Gasteiger partial charge is 0.228 e. The first-order chi connectivity index (χ1) is 10.1. The molecule has 0 bridgehead atoms. The molecule has 3 heteroatoms. The third kappa shape index (κ3) is 4.19. The zero-order valence-corrected chi connectivity index (χ0v) is 12.3. The molecule has 1 amide bonds. The van der Waals surface area contributed by atoms with E-state index in [-0.39, 0.29) is 5.91 Å². The Hall–Kier alpha value is -2.60. The van der Waals surface area contributed by atoms with Gasteiger partial charge in [-0.15, -0.1) is 0 Å². The van der Waals surface area contributed by atoms with Crippen LogP contribution in [-0.2, 0) is 17.6 Å². The van der Waals surface area contributed by atoms with Crippen LogP contribution >= 0.6 is 0 Å². The fourth-order valence-electron chi connectivity index (χ4n) is 2.10. The van der Waals surface area contributed by atoms with Gasteiger partial charge in [-0.3, -0.25) is 4.79 Å². The molecule has 1 N–H and O–H groups in total. The molecular formula is C18H18N2O. The van der Waals surface area contributed by atoms with Crippen LogP contribution in [0.15, 0.2) is 42.5 Å². The molecule has 0 aliphatic carbocycles. The van der Waals surface area contributed by atoms with Crippen molar-refractivity contribution < 1.29 is 4.79 Å². The van der Waals surface area contributed by atoms with E-state index >= 15 is 0 Å². The Bertz CT molecular complexity index is 681. The van der Waals surface area contributed by atoms with Crippen molar-refractivity contribution in [1.29, 1.82) is 5.26 Å². The predicted molar refractivity (Wildman–Crippen MR) is 84.0 cm³/mol. The molecule has 21 heavy (non-hydrogen) atoms. The summed E-state index contributed by atoms with van der Waals surface area (Å²) in [4.78, 5) is 12.0. The summed E-state index contributed by atoms with van der Waals surface area (Å²) in [6, 6.07) is 15.5. The molecule has 0 spiro atoms. The van der Waals surface area contributed by atoms with Crippen LogP contribution < -0.4 is 5.32 Å². The Morgan fingerprint density at radius 3 is 2.33 bits per heavy atom. The monoisotopic (exact) mass is 278 g/mol. The molecule has 0 saturated heterocycles. The van der Waals surface area contributed by atoms with Crippen molar-refractivity contribution in [2.45, 2.75) is 26.7 Å². The third-order valence-electron chi connectivity index (χ3n) is 3.46. The van der Waals surface area contributed by atoms with Crippen molar-refractivity contribution in [2.75, 3.05) is 5.32 Å². The standard InChI is InChI=1S/C18H18N2O/c1-13-3-4-16(11-14(13)2)12-18(21)20-17-7-5-15(6-8-17)9-10-19/h3-8,11H,9,12H2,1-2H3,(H,20,21). The molecule has 0 radical (unpaired) electrons. The Kier molecular flexibility index (Phi) is 4.73. The van der Waals surface area contributed by atoms with Crippen LogP contribution in [-0.4, -0.2) is 5.91 Å². The number of hydrogen-bond donors (Lipinski definition) is 1. The largest absolute Gasteiger partial charge is 0.326 e. The normalized spacial score (nSPS) is 9.95.